The van der Waals surface area contributed by atoms with Gasteiger partial charge < -0.3 is 52.8 Å². The fraction of sp³-hybridized carbons (Fsp3) is 0.366. The van der Waals surface area contributed by atoms with Crippen molar-refractivity contribution >= 4 is 40.7 Å². The fourth-order valence-electron chi connectivity index (χ4n) is 4.62. The van der Waals surface area contributed by atoms with Gasteiger partial charge in [-0.2, -0.15) is 5.26 Å². The lowest BCUT2D eigenvalue weighted by molar-refractivity contribution is 0.280. The van der Waals surface area contributed by atoms with Crippen molar-refractivity contribution in [2.75, 3.05) is 70.1 Å². The molecule has 16 heteroatoms. The highest BCUT2D eigenvalue weighted by molar-refractivity contribution is 6.76. The smallest absolute Gasteiger partial charge is 0.265 e. The van der Waals surface area contributed by atoms with Crippen molar-refractivity contribution in [3.8, 4) is 52.1 Å². The minimum absolute atomic E-state index is 0.0142. The molecule has 4 aromatic carbocycles. The van der Waals surface area contributed by atoms with Crippen LogP contribution in [-0.2, 0) is 30.6 Å². The predicted molar refractivity (Wildman–Crippen MR) is 222 cm³/mol. The second-order valence-electron chi connectivity index (χ2n) is 11.1. The lowest BCUT2D eigenvalue weighted by atomic mass is 10.1. The van der Waals surface area contributed by atoms with E-state index in [0.29, 0.717) is 65.3 Å². The van der Waals surface area contributed by atoms with Crippen LogP contribution in [0.25, 0.3) is 0 Å². The van der Waals surface area contributed by atoms with Gasteiger partial charge in [-0.3, -0.25) is 5.41 Å². The van der Waals surface area contributed by atoms with Crippen LogP contribution in [0.5, 0.6) is 46.0 Å². The second kappa shape index (κ2) is 27.6. The van der Waals surface area contributed by atoms with E-state index in [9.17, 15) is 0 Å². The number of aliphatic hydroxyl groups is 2. The number of alkyl halides is 3. The summed E-state index contributed by atoms with van der Waals surface area (Å²) in [6.45, 7) is 0.401. The minimum atomic E-state index is -1.82. The van der Waals surface area contributed by atoms with Crippen LogP contribution in [0, 0.1) is 16.7 Å². The molecule has 4 rings (SSSR count). The summed E-state index contributed by atoms with van der Waals surface area (Å²) in [6, 6.07) is 24.0. The number of hydrogen-bond donors (Lipinski definition) is 3. The van der Waals surface area contributed by atoms with Crippen molar-refractivity contribution in [3.63, 3.8) is 0 Å². The third kappa shape index (κ3) is 17.8. The standard InChI is InChI=1S/C12H14Cl3NO3.C10H11NO2.C10H14O3.C9H12O3/c1-17-9-4-3-8(7-10(9)18-2)5-6-19-11(16)12(13,14)15;2*1-12-9-4-3-8(5-6-11)7-10(9)13-2;1-11-8-4-3-7(6-10)5-9(8)12-2/h3-4,7,16H,5-6H2,1-2H3;3-4,7H,5H2,1-2H3;3-4,7,11H,5-6H2,1-2H3;3-5,10H,6H2,1-2H3. The van der Waals surface area contributed by atoms with Crippen molar-refractivity contribution < 1.29 is 52.8 Å². The quantitative estimate of drug-likeness (QED) is 0.0603. The number of nitrogens with zero attached hydrogens (tertiary/aromatic N) is 1. The van der Waals surface area contributed by atoms with Crippen LogP contribution in [0.15, 0.2) is 72.8 Å². The Kier molecular flexibility index (Phi) is 24.2. The van der Waals surface area contributed by atoms with Gasteiger partial charge in [0, 0.05) is 13.0 Å². The van der Waals surface area contributed by atoms with Gasteiger partial charge in [-0.25, -0.2) is 0 Å². The number of hydrogen-bond acceptors (Lipinski definition) is 13. The summed E-state index contributed by atoms with van der Waals surface area (Å²) < 4.78 is 44.0. The van der Waals surface area contributed by atoms with E-state index in [1.165, 1.54) is 0 Å². The van der Waals surface area contributed by atoms with Gasteiger partial charge in [-0.1, -0.05) is 59.1 Å². The first-order valence-corrected chi connectivity index (χ1v) is 18.2. The molecule has 0 aliphatic rings. The third-order valence-electron chi connectivity index (χ3n) is 7.55. The van der Waals surface area contributed by atoms with E-state index in [-0.39, 0.29) is 19.8 Å². The monoisotopic (exact) mass is 852 g/mol. The van der Waals surface area contributed by atoms with Crippen LogP contribution in [0.2, 0.25) is 0 Å². The summed E-state index contributed by atoms with van der Waals surface area (Å²) in [7, 11) is 12.6. The van der Waals surface area contributed by atoms with Crippen LogP contribution in [-0.4, -0.2) is 90.0 Å². The minimum Gasteiger partial charge on any atom is -0.493 e. The molecule has 0 radical (unpaired) electrons. The third-order valence-corrected chi connectivity index (χ3v) is 8.07. The second-order valence-corrected chi connectivity index (χ2v) is 13.4. The molecule has 0 atom stereocenters. The van der Waals surface area contributed by atoms with Crippen LogP contribution in [0.1, 0.15) is 22.3 Å². The van der Waals surface area contributed by atoms with Crippen molar-refractivity contribution in [2.45, 2.75) is 29.7 Å². The van der Waals surface area contributed by atoms with E-state index >= 15 is 0 Å². The van der Waals surface area contributed by atoms with E-state index in [1.54, 1.807) is 87.2 Å². The highest BCUT2D eigenvalue weighted by atomic mass is 35.6. The number of aliphatic hydroxyl groups excluding tert-OH is 2. The highest BCUT2D eigenvalue weighted by Gasteiger charge is 2.28. The van der Waals surface area contributed by atoms with Gasteiger partial charge in [-0.05, 0) is 77.2 Å². The van der Waals surface area contributed by atoms with Gasteiger partial charge in [0.1, 0.15) is 0 Å². The zero-order valence-corrected chi connectivity index (χ0v) is 35.6. The Bertz CT molecular complexity index is 1830. The Balaban J connectivity index is 0.000000387. The summed E-state index contributed by atoms with van der Waals surface area (Å²) in [6.07, 6.45) is 1.59. The number of ether oxygens (including phenoxy) is 9. The number of nitriles is 1. The Morgan fingerprint density at radius 1 is 0.544 bits per heavy atom. The Morgan fingerprint density at radius 2 is 0.877 bits per heavy atom. The average molecular weight is 854 g/mol. The predicted octanol–water partition coefficient (Wildman–Crippen LogP) is 7.81. The molecule has 312 valence electrons. The topological polar surface area (TPSA) is 171 Å². The van der Waals surface area contributed by atoms with Crippen LogP contribution in [0.3, 0.4) is 0 Å². The van der Waals surface area contributed by atoms with Gasteiger partial charge >= 0.3 is 0 Å². The SMILES string of the molecule is COc1ccc(CC#N)cc1OC.COc1ccc(CCO)cc1OC.COc1ccc(CCOC(=N)C(Cl)(Cl)Cl)cc1OC.COc1ccc(CO)cc1OC. The van der Waals surface area contributed by atoms with Gasteiger partial charge in [-0.15, -0.1) is 0 Å². The van der Waals surface area contributed by atoms with Crippen LogP contribution >= 0.6 is 34.8 Å². The van der Waals surface area contributed by atoms with E-state index in [4.69, 9.17) is 98.3 Å². The molecular weight excluding hydrogens is 803 g/mol. The molecule has 0 bridgehead atoms. The zero-order chi connectivity index (χ0) is 42.8. The lowest BCUT2D eigenvalue weighted by Crippen LogP contribution is -2.22. The van der Waals surface area contributed by atoms with Crippen LogP contribution < -0.4 is 37.9 Å². The molecule has 0 spiro atoms. The maximum absolute atomic E-state index is 8.82. The average Bonchev–Trinajstić information content (AvgIpc) is 3.23. The Morgan fingerprint density at radius 3 is 1.21 bits per heavy atom. The van der Waals surface area contributed by atoms with Crippen LogP contribution in [0.4, 0.5) is 0 Å². The summed E-state index contributed by atoms with van der Waals surface area (Å²) in [5.74, 6) is 4.98. The first-order valence-electron chi connectivity index (χ1n) is 17.0. The highest BCUT2D eigenvalue weighted by Crippen LogP contribution is 2.31. The van der Waals surface area contributed by atoms with Gasteiger partial charge in [0.25, 0.3) is 3.79 Å². The molecule has 3 N–H and O–H groups in total. The largest absolute Gasteiger partial charge is 0.493 e. The molecule has 13 nitrogen and oxygen atoms in total. The van der Waals surface area contributed by atoms with Gasteiger partial charge in [0.15, 0.2) is 46.0 Å². The molecule has 0 amide bonds. The summed E-state index contributed by atoms with van der Waals surface area (Å²) in [4.78, 5) is 0. The molecule has 0 unspecified atom stereocenters. The van der Waals surface area contributed by atoms with E-state index < -0.39 is 9.69 Å². The Hall–Kier alpha value is -4.97. The fourth-order valence-corrected chi connectivity index (χ4v) is 4.78. The van der Waals surface area contributed by atoms with Crippen molar-refractivity contribution in [1.82, 2.24) is 0 Å². The molecule has 0 heterocycles. The number of halogens is 3. The van der Waals surface area contributed by atoms with E-state index in [1.807, 2.05) is 42.5 Å². The summed E-state index contributed by atoms with van der Waals surface area (Å²) in [5.41, 5.74) is 3.75. The number of rotatable bonds is 15. The van der Waals surface area contributed by atoms with Gasteiger partial charge in [0.05, 0.1) is 82.6 Å². The van der Waals surface area contributed by atoms with E-state index in [2.05, 4.69) is 6.07 Å². The molecule has 0 aliphatic heterocycles. The molecule has 4 aromatic rings. The number of nitrogens with one attached hydrogen (secondary N) is 1. The first-order chi connectivity index (χ1) is 27.3. The molecule has 0 fully saturated rings. The molecule has 0 saturated carbocycles. The zero-order valence-electron chi connectivity index (χ0n) is 33.3. The van der Waals surface area contributed by atoms with E-state index in [0.717, 1.165) is 22.3 Å². The molecule has 0 aliphatic carbocycles. The number of benzene rings is 4. The Labute approximate surface area is 349 Å². The first kappa shape index (κ1) is 50.0. The normalized spacial score (nSPS) is 9.96. The number of methoxy groups -OCH3 is 8. The van der Waals surface area contributed by atoms with Crippen molar-refractivity contribution in [3.05, 3.63) is 95.1 Å². The maximum atomic E-state index is 8.82. The maximum Gasteiger partial charge on any atom is 0.265 e. The molecule has 0 aromatic heterocycles. The molecule has 0 saturated heterocycles. The van der Waals surface area contributed by atoms with Crippen molar-refractivity contribution in [2.24, 2.45) is 0 Å². The molecule has 57 heavy (non-hydrogen) atoms. The lowest BCUT2D eigenvalue weighted by Gasteiger charge is -2.14. The van der Waals surface area contributed by atoms with Crippen molar-refractivity contribution in [1.29, 1.82) is 10.7 Å². The molecular formula is C41H51Cl3N2O11. The summed E-state index contributed by atoms with van der Waals surface area (Å²) >= 11 is 16.5. The van der Waals surface area contributed by atoms with Gasteiger partial charge in [0.2, 0.25) is 5.90 Å². The summed E-state index contributed by atoms with van der Waals surface area (Å²) in [5, 5.41) is 33.4.